The predicted molar refractivity (Wildman–Crippen MR) is 148 cm³/mol. The van der Waals surface area contributed by atoms with Gasteiger partial charge in [0.15, 0.2) is 29.6 Å². The molecule has 0 bridgehead atoms. The molecular formula is C31H28N2O6. The first kappa shape index (κ1) is 25.8. The van der Waals surface area contributed by atoms with E-state index in [0.29, 0.717) is 35.0 Å². The Balaban J connectivity index is 1.49. The summed E-state index contributed by atoms with van der Waals surface area (Å²) < 4.78 is 22.1. The Morgan fingerprint density at radius 2 is 1.59 bits per heavy atom. The zero-order chi connectivity index (χ0) is 27.4. The van der Waals surface area contributed by atoms with Gasteiger partial charge in [-0.3, -0.25) is 9.59 Å². The summed E-state index contributed by atoms with van der Waals surface area (Å²) >= 11 is 0. The minimum atomic E-state index is -0.380. The Hall–Kier alpha value is -4.85. The number of carbonyl (C=O) groups excluding carboxylic acids is 2. The zero-order valence-corrected chi connectivity index (χ0v) is 21.9. The van der Waals surface area contributed by atoms with Crippen LogP contribution in [-0.4, -0.2) is 50.9 Å². The minimum absolute atomic E-state index is 0.271. The summed E-state index contributed by atoms with van der Waals surface area (Å²) in [7, 11) is 4.64. The fraction of sp³-hybridized carbons (Fsp3) is 0.194. The van der Waals surface area contributed by atoms with Gasteiger partial charge < -0.3 is 18.9 Å². The van der Waals surface area contributed by atoms with Crippen molar-refractivity contribution in [3.63, 3.8) is 0 Å². The molecule has 1 atom stereocenters. The summed E-state index contributed by atoms with van der Waals surface area (Å²) in [4.78, 5) is 24.7. The number of methoxy groups -OCH3 is 3. The number of amides is 1. The molecule has 1 aliphatic heterocycles. The van der Waals surface area contributed by atoms with Gasteiger partial charge in [0.2, 0.25) is 0 Å². The molecule has 0 radical (unpaired) electrons. The van der Waals surface area contributed by atoms with E-state index in [1.54, 1.807) is 32.4 Å². The van der Waals surface area contributed by atoms with E-state index in [0.717, 1.165) is 33.9 Å². The second-order valence-electron chi connectivity index (χ2n) is 8.96. The van der Waals surface area contributed by atoms with Gasteiger partial charge in [-0.2, -0.15) is 5.10 Å². The molecule has 4 aromatic rings. The van der Waals surface area contributed by atoms with E-state index >= 15 is 0 Å². The number of carbonyl (C=O) groups is 2. The molecule has 1 amide bonds. The van der Waals surface area contributed by atoms with Crippen LogP contribution >= 0.6 is 0 Å². The molecule has 1 unspecified atom stereocenters. The van der Waals surface area contributed by atoms with Gasteiger partial charge in [0.1, 0.15) is 6.29 Å². The highest BCUT2D eigenvalue weighted by molar-refractivity contribution is 6.12. The fourth-order valence-corrected chi connectivity index (χ4v) is 4.78. The van der Waals surface area contributed by atoms with E-state index in [2.05, 4.69) is 18.2 Å². The van der Waals surface area contributed by atoms with Crippen molar-refractivity contribution in [2.75, 3.05) is 27.9 Å². The molecule has 0 saturated carbocycles. The average Bonchev–Trinajstić information content (AvgIpc) is 3.44. The SMILES string of the molecule is COc1ccc(C2CC(c3cccc4ccccc34)=NN2C(=O)COc2ccc(C=O)cc2OC)cc1OC. The monoisotopic (exact) mass is 524 g/mol. The highest BCUT2D eigenvalue weighted by Gasteiger charge is 2.34. The van der Waals surface area contributed by atoms with Crippen molar-refractivity contribution < 1.29 is 28.5 Å². The number of fused-ring (bicyclic) bond motifs is 1. The molecule has 1 heterocycles. The molecule has 39 heavy (non-hydrogen) atoms. The Morgan fingerprint density at radius 3 is 2.36 bits per heavy atom. The minimum Gasteiger partial charge on any atom is -0.493 e. The highest BCUT2D eigenvalue weighted by Crippen LogP contribution is 2.38. The van der Waals surface area contributed by atoms with Crippen molar-refractivity contribution in [2.24, 2.45) is 5.10 Å². The number of benzene rings is 4. The second-order valence-corrected chi connectivity index (χ2v) is 8.96. The van der Waals surface area contributed by atoms with Crippen LogP contribution in [0, 0.1) is 0 Å². The van der Waals surface area contributed by atoms with Crippen molar-refractivity contribution in [1.29, 1.82) is 0 Å². The number of hydrogen-bond donors (Lipinski definition) is 0. The molecule has 0 aliphatic carbocycles. The topological polar surface area (TPSA) is 86.7 Å². The molecule has 0 N–H and O–H groups in total. The van der Waals surface area contributed by atoms with Crippen molar-refractivity contribution in [2.45, 2.75) is 12.5 Å². The van der Waals surface area contributed by atoms with E-state index in [1.165, 1.54) is 12.1 Å². The fourth-order valence-electron chi connectivity index (χ4n) is 4.78. The molecular weight excluding hydrogens is 496 g/mol. The molecule has 8 nitrogen and oxygen atoms in total. The van der Waals surface area contributed by atoms with Gasteiger partial charge >= 0.3 is 0 Å². The molecule has 0 spiro atoms. The van der Waals surface area contributed by atoms with Crippen molar-refractivity contribution in [3.8, 4) is 23.0 Å². The molecule has 8 heteroatoms. The third-order valence-corrected chi connectivity index (χ3v) is 6.73. The summed E-state index contributed by atoms with van der Waals surface area (Å²) in [6.07, 6.45) is 1.23. The van der Waals surface area contributed by atoms with Gasteiger partial charge in [-0.1, -0.05) is 48.5 Å². The summed E-state index contributed by atoms with van der Waals surface area (Å²) in [6, 6.07) is 24.2. The quantitative estimate of drug-likeness (QED) is 0.271. The van der Waals surface area contributed by atoms with Gasteiger partial charge in [-0.05, 0) is 46.7 Å². The van der Waals surface area contributed by atoms with Crippen molar-refractivity contribution >= 4 is 28.7 Å². The van der Waals surface area contributed by atoms with Gasteiger partial charge in [0, 0.05) is 17.5 Å². The lowest BCUT2D eigenvalue weighted by Gasteiger charge is -2.23. The predicted octanol–water partition coefficient (Wildman–Crippen LogP) is 5.43. The second kappa shape index (κ2) is 11.3. The Labute approximate surface area is 226 Å². The number of nitrogens with zero attached hydrogens (tertiary/aromatic N) is 2. The third-order valence-electron chi connectivity index (χ3n) is 6.73. The molecule has 198 valence electrons. The number of aldehydes is 1. The van der Waals surface area contributed by atoms with Crippen LogP contribution in [0.25, 0.3) is 10.8 Å². The number of hydrazone groups is 1. The van der Waals surface area contributed by atoms with Crippen LogP contribution in [0.5, 0.6) is 23.0 Å². The first-order valence-electron chi connectivity index (χ1n) is 12.4. The summed E-state index contributed by atoms with van der Waals surface area (Å²) in [5.74, 6) is 1.56. The van der Waals surface area contributed by atoms with Crippen LogP contribution in [0.4, 0.5) is 0 Å². The Bertz CT molecular complexity index is 1560. The molecule has 0 aromatic heterocycles. The number of hydrogen-bond acceptors (Lipinski definition) is 7. The first-order valence-corrected chi connectivity index (χ1v) is 12.4. The van der Waals surface area contributed by atoms with Gasteiger partial charge in [0.25, 0.3) is 5.91 Å². The van der Waals surface area contributed by atoms with E-state index in [4.69, 9.17) is 24.0 Å². The van der Waals surface area contributed by atoms with Crippen molar-refractivity contribution in [3.05, 3.63) is 95.6 Å². The lowest BCUT2D eigenvalue weighted by molar-refractivity contribution is -0.135. The smallest absolute Gasteiger partial charge is 0.281 e. The molecule has 1 aliphatic rings. The number of rotatable bonds is 9. The van der Waals surface area contributed by atoms with E-state index in [-0.39, 0.29) is 18.6 Å². The normalized spacial score (nSPS) is 14.6. The largest absolute Gasteiger partial charge is 0.493 e. The summed E-state index contributed by atoms with van der Waals surface area (Å²) in [5.41, 5.74) is 3.07. The molecule has 0 fully saturated rings. The molecule has 4 aromatic carbocycles. The van der Waals surface area contributed by atoms with Gasteiger partial charge in [0.05, 0.1) is 33.1 Å². The maximum absolute atomic E-state index is 13.6. The maximum atomic E-state index is 13.6. The van der Waals surface area contributed by atoms with Crippen LogP contribution in [0.1, 0.15) is 33.9 Å². The molecule has 5 rings (SSSR count). The number of ether oxygens (including phenoxy) is 4. The maximum Gasteiger partial charge on any atom is 0.281 e. The Kier molecular flexibility index (Phi) is 7.45. The van der Waals surface area contributed by atoms with Crippen LogP contribution in [0.2, 0.25) is 0 Å². The lowest BCUT2D eigenvalue weighted by atomic mass is 9.95. The average molecular weight is 525 g/mol. The van der Waals surface area contributed by atoms with Crippen LogP contribution in [-0.2, 0) is 4.79 Å². The van der Waals surface area contributed by atoms with Gasteiger partial charge in [-0.15, -0.1) is 0 Å². The van der Waals surface area contributed by atoms with Gasteiger partial charge in [-0.25, -0.2) is 5.01 Å². The third kappa shape index (κ3) is 5.13. The van der Waals surface area contributed by atoms with E-state index in [9.17, 15) is 9.59 Å². The standard InChI is InChI=1S/C31H28N2O6/c1-36-27-14-12-22(16-30(27)38-3)26-17-25(24-10-6-8-21-7-4-5-9-23(21)24)32-33(26)31(35)19-39-28-13-11-20(18-34)15-29(28)37-2/h4-16,18,26H,17,19H2,1-3H3. The molecule has 0 saturated heterocycles. The first-order chi connectivity index (χ1) is 19.1. The van der Waals surface area contributed by atoms with Crippen LogP contribution < -0.4 is 18.9 Å². The van der Waals surface area contributed by atoms with E-state index < -0.39 is 0 Å². The van der Waals surface area contributed by atoms with Crippen molar-refractivity contribution in [1.82, 2.24) is 5.01 Å². The van der Waals surface area contributed by atoms with Crippen LogP contribution in [0.15, 0.2) is 84.0 Å². The highest BCUT2D eigenvalue weighted by atomic mass is 16.5. The Morgan fingerprint density at radius 1 is 0.872 bits per heavy atom. The summed E-state index contributed by atoms with van der Waals surface area (Å²) in [5, 5.41) is 8.46. The van der Waals surface area contributed by atoms with Crippen LogP contribution in [0.3, 0.4) is 0 Å². The summed E-state index contributed by atoms with van der Waals surface area (Å²) in [6.45, 7) is -0.271. The zero-order valence-electron chi connectivity index (χ0n) is 21.9. The lowest BCUT2D eigenvalue weighted by Crippen LogP contribution is -2.31. The van der Waals surface area contributed by atoms with E-state index in [1.807, 2.05) is 42.5 Å².